The molecule has 2 aromatic rings. The van der Waals surface area contributed by atoms with E-state index in [9.17, 15) is 58.2 Å². The maximum atomic E-state index is 14.4. The van der Waals surface area contributed by atoms with Crippen LogP contribution in [0.4, 0.5) is 0 Å². The van der Waals surface area contributed by atoms with E-state index in [1.165, 1.54) is 18.9 Å². The van der Waals surface area contributed by atoms with Gasteiger partial charge in [0, 0.05) is 26.6 Å². The molecule has 0 aromatic heterocycles. The number of nitrogens with zero attached hydrogens (tertiary/aromatic N) is 3. The summed E-state index contributed by atoms with van der Waals surface area (Å²) < 4.78 is 0. The van der Waals surface area contributed by atoms with Gasteiger partial charge >= 0.3 is 11.9 Å². The summed E-state index contributed by atoms with van der Waals surface area (Å²) in [5.41, 5.74) is 24.0. The van der Waals surface area contributed by atoms with Crippen molar-refractivity contribution in [3.05, 3.63) is 71.8 Å². The summed E-state index contributed by atoms with van der Waals surface area (Å²) in [5, 5.41) is 34.6. The van der Waals surface area contributed by atoms with Crippen LogP contribution in [-0.4, -0.2) is 167 Å². The average molecular weight is 1060 g/mol. The fourth-order valence-corrected chi connectivity index (χ4v) is 8.47. The van der Waals surface area contributed by atoms with Crippen molar-refractivity contribution in [2.24, 2.45) is 33.8 Å². The maximum Gasteiger partial charge on any atom is 0.326 e. The number of guanidine groups is 1. The van der Waals surface area contributed by atoms with Crippen LogP contribution in [0, 0.1) is 5.92 Å². The number of amides is 8. The number of aliphatic imine (C=N–C) groups is 1. The summed E-state index contributed by atoms with van der Waals surface area (Å²) in [7, 11) is 1.38. The van der Waals surface area contributed by atoms with E-state index >= 15 is 0 Å². The summed E-state index contributed by atoms with van der Waals surface area (Å²) in [6.07, 6.45) is 1.37. The molecule has 0 saturated carbocycles. The second-order valence-electron chi connectivity index (χ2n) is 19.2. The standard InChI is InChI=1S/C51H77N13O12/c1-30(2)25-36(61-47(72)37(28-42(66)67)59-41(65)29-57-45(70)35(19-13-23-56-51(54)55)60-44(69)34(53)26-32-15-7-5-8-16-32)46(71)58-31(3)43(68)62-38(27-33-17-9-6-10-18-33)48(73)64-24-14-21-39(64)49(74)63(4)40(50(75)76)20-11-12-22-52/h5-10,15-18,30-31,34-40H,11-14,19-29,52-53H2,1-4H3,(H,57,70)(H,58,71)(H,59,65)(H,60,69)(H,61,72)(H,62,68)(H,66,67)(H,75,76)(H4,54,55,56)/t31-,34-,35-,36-,37-,38-,39+,40-/m0/s1. The van der Waals surface area contributed by atoms with E-state index in [4.69, 9.17) is 22.9 Å². The predicted octanol–water partition coefficient (Wildman–Crippen LogP) is -2.03. The summed E-state index contributed by atoms with van der Waals surface area (Å²) in [4.78, 5) is 140. The lowest BCUT2D eigenvalue weighted by molar-refractivity contribution is -0.153. The Kier molecular flexibility index (Phi) is 26.3. The van der Waals surface area contributed by atoms with Crippen LogP contribution in [0.5, 0.6) is 0 Å². The van der Waals surface area contributed by atoms with Crippen molar-refractivity contribution in [2.75, 3.05) is 33.2 Å². The second kappa shape index (κ2) is 31.9. The van der Waals surface area contributed by atoms with E-state index in [-0.39, 0.29) is 69.9 Å². The Morgan fingerprint density at radius 2 is 1.30 bits per heavy atom. The quantitative estimate of drug-likeness (QED) is 0.0213. The Balaban J connectivity index is 1.73. The zero-order valence-electron chi connectivity index (χ0n) is 43.7. The number of likely N-dealkylation sites (N-methyl/N-ethyl adjacent to an activating group) is 1. The van der Waals surface area contributed by atoms with Crippen molar-refractivity contribution in [2.45, 2.75) is 140 Å². The fraction of sp³-hybridized carbons (Fsp3) is 0.549. The van der Waals surface area contributed by atoms with Crippen LogP contribution >= 0.6 is 0 Å². The molecule has 16 N–H and O–H groups in total. The molecule has 0 spiro atoms. The van der Waals surface area contributed by atoms with Gasteiger partial charge in [-0.2, -0.15) is 0 Å². The lowest BCUT2D eigenvalue weighted by atomic mass is 10.0. The predicted molar refractivity (Wildman–Crippen MR) is 280 cm³/mol. The third-order valence-corrected chi connectivity index (χ3v) is 12.5. The fourth-order valence-electron chi connectivity index (χ4n) is 8.47. The first-order chi connectivity index (χ1) is 36.0. The highest BCUT2D eigenvalue weighted by Crippen LogP contribution is 2.23. The van der Waals surface area contributed by atoms with Crippen LogP contribution in [-0.2, 0) is 60.8 Å². The van der Waals surface area contributed by atoms with Crippen LogP contribution in [0.15, 0.2) is 65.7 Å². The SMILES string of the molecule is CC(C)C[C@H](NC(=O)[C@H](CC(=O)O)NC(=O)CNC(=O)[C@H](CCCN=C(N)N)NC(=O)[C@@H](N)Cc1ccccc1)C(=O)N[C@@H](C)C(=O)N[C@@H](Cc1ccccc1)C(=O)N1CCC[C@@H]1C(=O)N(C)[C@@H](CCCCN)C(=O)O. The number of carbonyl (C=O) groups is 10. The number of carboxylic acids is 2. The number of aliphatic carboxylic acids is 2. The van der Waals surface area contributed by atoms with Gasteiger partial charge in [0.25, 0.3) is 0 Å². The summed E-state index contributed by atoms with van der Waals surface area (Å²) in [5.74, 6) is -9.46. The highest BCUT2D eigenvalue weighted by molar-refractivity contribution is 5.98. The summed E-state index contributed by atoms with van der Waals surface area (Å²) >= 11 is 0. The highest BCUT2D eigenvalue weighted by atomic mass is 16.4. The molecule has 76 heavy (non-hydrogen) atoms. The first-order valence-corrected chi connectivity index (χ1v) is 25.4. The van der Waals surface area contributed by atoms with Gasteiger partial charge in [-0.05, 0) is 88.3 Å². The number of nitrogens with two attached hydrogens (primary N) is 4. The van der Waals surface area contributed by atoms with Crippen LogP contribution in [0.1, 0.15) is 89.7 Å². The Labute approximate surface area is 442 Å². The van der Waals surface area contributed by atoms with Crippen LogP contribution in [0.2, 0.25) is 0 Å². The molecular formula is C51H77N13O12. The topological polar surface area (TPSA) is 406 Å². The molecule has 25 nitrogen and oxygen atoms in total. The van der Waals surface area contributed by atoms with E-state index in [0.29, 0.717) is 31.4 Å². The number of benzene rings is 2. The Morgan fingerprint density at radius 3 is 1.88 bits per heavy atom. The van der Waals surface area contributed by atoms with E-state index in [1.807, 2.05) is 0 Å². The molecule has 0 radical (unpaired) electrons. The van der Waals surface area contributed by atoms with Crippen molar-refractivity contribution in [3.8, 4) is 0 Å². The van der Waals surface area contributed by atoms with Gasteiger partial charge in [0.05, 0.1) is 19.0 Å². The van der Waals surface area contributed by atoms with Crippen molar-refractivity contribution >= 4 is 65.2 Å². The zero-order valence-corrected chi connectivity index (χ0v) is 43.7. The van der Waals surface area contributed by atoms with Crippen molar-refractivity contribution < 1.29 is 58.2 Å². The van der Waals surface area contributed by atoms with Crippen molar-refractivity contribution in [1.29, 1.82) is 0 Å². The molecule has 1 aliphatic heterocycles. The minimum absolute atomic E-state index is 0.00922. The number of likely N-dealkylation sites (tertiary alicyclic amines) is 1. The summed E-state index contributed by atoms with van der Waals surface area (Å²) in [6.45, 7) is 4.70. The normalized spacial score (nSPS) is 15.8. The zero-order chi connectivity index (χ0) is 56.5. The minimum Gasteiger partial charge on any atom is -0.481 e. The minimum atomic E-state index is -1.76. The second-order valence-corrected chi connectivity index (χ2v) is 19.2. The number of nitrogens with one attached hydrogen (secondary N) is 6. The van der Waals surface area contributed by atoms with Gasteiger partial charge in [0.15, 0.2) is 5.96 Å². The molecule has 2 aromatic carbocycles. The van der Waals surface area contributed by atoms with Crippen LogP contribution in [0.25, 0.3) is 0 Å². The van der Waals surface area contributed by atoms with Crippen LogP contribution in [0.3, 0.4) is 0 Å². The van der Waals surface area contributed by atoms with Gasteiger partial charge in [-0.1, -0.05) is 74.5 Å². The molecule has 0 unspecified atom stereocenters. The number of rotatable bonds is 32. The smallest absolute Gasteiger partial charge is 0.326 e. The van der Waals surface area contributed by atoms with Crippen molar-refractivity contribution in [3.63, 3.8) is 0 Å². The maximum absolute atomic E-state index is 14.4. The molecule has 25 heteroatoms. The lowest BCUT2D eigenvalue weighted by Gasteiger charge is -2.33. The number of carbonyl (C=O) groups excluding carboxylic acids is 8. The molecular weight excluding hydrogens is 987 g/mol. The molecule has 1 fully saturated rings. The Hall–Kier alpha value is -7.67. The van der Waals surface area contributed by atoms with Gasteiger partial charge in [-0.25, -0.2) is 4.79 Å². The van der Waals surface area contributed by atoms with E-state index in [0.717, 1.165) is 10.5 Å². The highest BCUT2D eigenvalue weighted by Gasteiger charge is 2.41. The third kappa shape index (κ3) is 21.3. The molecule has 418 valence electrons. The number of unbranched alkanes of at least 4 members (excludes halogenated alkanes) is 1. The Bertz CT molecular complexity index is 2320. The van der Waals surface area contributed by atoms with Gasteiger partial charge < -0.3 is 74.8 Å². The van der Waals surface area contributed by atoms with Gasteiger partial charge in [-0.15, -0.1) is 0 Å². The molecule has 1 saturated heterocycles. The first kappa shape index (κ1) is 62.6. The summed E-state index contributed by atoms with van der Waals surface area (Å²) in [6, 6.07) is 7.60. The van der Waals surface area contributed by atoms with Crippen molar-refractivity contribution in [1.82, 2.24) is 41.7 Å². The largest absolute Gasteiger partial charge is 0.481 e. The third-order valence-electron chi connectivity index (χ3n) is 12.5. The van der Waals surface area contributed by atoms with Gasteiger partial charge in [-0.3, -0.25) is 48.1 Å². The monoisotopic (exact) mass is 1060 g/mol. The number of carboxylic acid groups (broad SMARTS) is 2. The Morgan fingerprint density at radius 1 is 0.711 bits per heavy atom. The molecule has 0 bridgehead atoms. The molecule has 1 heterocycles. The van der Waals surface area contributed by atoms with Gasteiger partial charge in [0.2, 0.25) is 47.3 Å². The van der Waals surface area contributed by atoms with Gasteiger partial charge in [0.1, 0.15) is 42.3 Å². The molecule has 0 aliphatic carbocycles. The molecule has 8 atom stereocenters. The number of hydrogen-bond acceptors (Lipinski definition) is 13. The van der Waals surface area contributed by atoms with E-state index < -0.39 is 120 Å². The lowest BCUT2D eigenvalue weighted by Crippen LogP contribution is -2.59. The molecule has 3 rings (SSSR count). The van der Waals surface area contributed by atoms with E-state index in [1.54, 1.807) is 74.5 Å². The first-order valence-electron chi connectivity index (χ1n) is 25.4. The van der Waals surface area contributed by atoms with E-state index in [2.05, 4.69) is 36.9 Å². The number of hydrogen-bond donors (Lipinski definition) is 12. The molecule has 8 amide bonds. The molecule has 1 aliphatic rings. The van der Waals surface area contributed by atoms with Crippen LogP contribution < -0.4 is 54.8 Å². The average Bonchev–Trinajstić information content (AvgIpc) is 3.87.